The average Bonchev–Trinajstić information content (AvgIpc) is 2.75. The van der Waals surface area contributed by atoms with E-state index in [9.17, 15) is 14.0 Å². The largest absolute Gasteiger partial charge is 0.336 e. The van der Waals surface area contributed by atoms with Crippen molar-refractivity contribution in [2.45, 2.75) is 13.0 Å². The summed E-state index contributed by atoms with van der Waals surface area (Å²) in [5, 5.41) is 1.06. The van der Waals surface area contributed by atoms with E-state index in [4.69, 9.17) is 16.6 Å². The number of aromatic nitrogens is 2. The maximum absolute atomic E-state index is 14.0. The number of hydrogen-bond donors (Lipinski definition) is 0. The smallest absolute Gasteiger partial charge is 0.261 e. The third-order valence-electron chi connectivity index (χ3n) is 5.70. The molecule has 6 nitrogen and oxygen atoms in total. The minimum absolute atomic E-state index is 0.0921. The Morgan fingerprint density at radius 1 is 1.13 bits per heavy atom. The first kappa shape index (κ1) is 20.5. The molecule has 1 saturated heterocycles. The van der Waals surface area contributed by atoms with Crippen LogP contribution in [0.1, 0.15) is 29.1 Å². The van der Waals surface area contributed by atoms with Gasteiger partial charge in [0.25, 0.3) is 11.5 Å². The fraction of sp³-hybridized carbons (Fsp3) is 0.318. The van der Waals surface area contributed by atoms with Crippen LogP contribution in [0.4, 0.5) is 4.39 Å². The zero-order valence-corrected chi connectivity index (χ0v) is 17.6. The van der Waals surface area contributed by atoms with Crippen molar-refractivity contribution < 1.29 is 9.18 Å². The Labute approximate surface area is 178 Å². The van der Waals surface area contributed by atoms with E-state index in [1.165, 1.54) is 12.1 Å². The first-order valence-corrected chi connectivity index (χ1v) is 10.2. The molecule has 1 unspecified atom stereocenters. The van der Waals surface area contributed by atoms with Crippen LogP contribution in [0.15, 0.2) is 47.3 Å². The Balaban J connectivity index is 1.53. The molecule has 0 radical (unpaired) electrons. The van der Waals surface area contributed by atoms with Gasteiger partial charge in [-0.05, 0) is 37.3 Å². The molecule has 1 aromatic heterocycles. The van der Waals surface area contributed by atoms with E-state index in [2.05, 4.69) is 4.90 Å². The van der Waals surface area contributed by atoms with Crippen molar-refractivity contribution in [3.8, 4) is 0 Å². The second kappa shape index (κ2) is 8.16. The van der Waals surface area contributed by atoms with Crippen molar-refractivity contribution in [1.29, 1.82) is 0 Å². The van der Waals surface area contributed by atoms with Gasteiger partial charge in [0.05, 0.1) is 22.5 Å². The number of halogens is 2. The lowest BCUT2D eigenvalue weighted by molar-refractivity contribution is 0.0568. The molecule has 1 atom stereocenters. The quantitative estimate of drug-likeness (QED) is 0.642. The molecule has 0 bridgehead atoms. The zero-order valence-electron chi connectivity index (χ0n) is 16.8. The Kier molecular flexibility index (Phi) is 5.58. The van der Waals surface area contributed by atoms with Crippen molar-refractivity contribution in [1.82, 2.24) is 19.4 Å². The summed E-state index contributed by atoms with van der Waals surface area (Å²) in [5.74, 6) is -0.165. The summed E-state index contributed by atoms with van der Waals surface area (Å²) in [6, 6.07) is 11.0. The monoisotopic (exact) mass is 428 g/mol. The molecule has 2 aromatic carbocycles. The molecule has 156 valence electrons. The highest BCUT2D eigenvalue weighted by Gasteiger charge is 2.28. The molecule has 3 aromatic rings. The van der Waals surface area contributed by atoms with Crippen molar-refractivity contribution in [3.63, 3.8) is 0 Å². The number of amides is 1. The normalized spacial score (nSPS) is 16.1. The maximum atomic E-state index is 14.0. The molecule has 30 heavy (non-hydrogen) atoms. The van der Waals surface area contributed by atoms with Gasteiger partial charge in [0.2, 0.25) is 0 Å². The second-order valence-electron chi connectivity index (χ2n) is 7.48. The highest BCUT2D eigenvalue weighted by Crippen LogP contribution is 2.23. The molecule has 1 fully saturated rings. The Morgan fingerprint density at radius 2 is 1.83 bits per heavy atom. The Bertz CT molecular complexity index is 1170. The SMILES string of the molecule is CC(c1nc2cc(Cl)ccc2c(=O)n1C)N1CCN(C(=O)c2ccccc2F)CC1. The molecule has 1 aliphatic heterocycles. The minimum Gasteiger partial charge on any atom is -0.336 e. The predicted molar refractivity (Wildman–Crippen MR) is 114 cm³/mol. The van der Waals surface area contributed by atoms with Gasteiger partial charge in [-0.15, -0.1) is 0 Å². The molecule has 2 heterocycles. The molecule has 0 aliphatic carbocycles. The number of hydrogen-bond acceptors (Lipinski definition) is 4. The minimum atomic E-state index is -0.507. The highest BCUT2D eigenvalue weighted by molar-refractivity contribution is 6.31. The standard InChI is InChI=1S/C22H22ClFN4O2/c1-14(20-25-19-13-15(23)7-8-17(19)21(29)26(20)2)27-9-11-28(12-10-27)22(30)16-5-3-4-6-18(16)24/h3-8,13-14H,9-12H2,1-2H3. The van der Waals surface area contributed by atoms with Gasteiger partial charge in [0.15, 0.2) is 0 Å². The number of carbonyl (C=O) groups is 1. The van der Waals surface area contributed by atoms with Gasteiger partial charge < -0.3 is 4.90 Å². The lowest BCUT2D eigenvalue weighted by Gasteiger charge is -2.38. The van der Waals surface area contributed by atoms with Gasteiger partial charge >= 0.3 is 0 Å². The summed E-state index contributed by atoms with van der Waals surface area (Å²) in [4.78, 5) is 33.9. The average molecular weight is 429 g/mol. The summed E-state index contributed by atoms with van der Waals surface area (Å²) >= 11 is 6.08. The van der Waals surface area contributed by atoms with E-state index in [0.717, 1.165) is 0 Å². The zero-order chi connectivity index (χ0) is 21.4. The van der Waals surface area contributed by atoms with Crippen molar-refractivity contribution >= 4 is 28.4 Å². The second-order valence-corrected chi connectivity index (χ2v) is 7.92. The third-order valence-corrected chi connectivity index (χ3v) is 5.94. The molecule has 1 aliphatic rings. The molecule has 4 rings (SSSR count). The number of fused-ring (bicyclic) bond motifs is 1. The number of piperazine rings is 1. The van der Waals surface area contributed by atoms with Crippen molar-refractivity contribution in [2.75, 3.05) is 26.2 Å². The molecule has 8 heteroatoms. The van der Waals surface area contributed by atoms with Gasteiger partial charge in [-0.3, -0.25) is 19.1 Å². The van der Waals surface area contributed by atoms with Crippen molar-refractivity contribution in [3.05, 3.63) is 75.0 Å². The van der Waals surface area contributed by atoms with Gasteiger partial charge in [0, 0.05) is 38.2 Å². The first-order chi connectivity index (χ1) is 14.4. The number of benzene rings is 2. The summed E-state index contributed by atoms with van der Waals surface area (Å²) in [7, 11) is 1.72. The van der Waals surface area contributed by atoms with Gasteiger partial charge in [-0.2, -0.15) is 0 Å². The number of rotatable bonds is 3. The van der Waals surface area contributed by atoms with Crippen LogP contribution in [-0.2, 0) is 7.05 Å². The maximum Gasteiger partial charge on any atom is 0.261 e. The predicted octanol–water partition coefficient (Wildman–Crippen LogP) is 3.25. The fourth-order valence-corrected chi connectivity index (χ4v) is 4.08. The number of carbonyl (C=O) groups excluding carboxylic acids is 1. The van der Waals surface area contributed by atoms with Crippen molar-refractivity contribution in [2.24, 2.45) is 7.05 Å². The fourth-order valence-electron chi connectivity index (χ4n) is 3.92. The Morgan fingerprint density at radius 3 is 2.53 bits per heavy atom. The van der Waals surface area contributed by atoms with E-state index in [1.807, 2.05) is 6.92 Å². The molecule has 0 saturated carbocycles. The van der Waals surface area contributed by atoms with E-state index in [1.54, 1.807) is 46.8 Å². The van der Waals surface area contributed by atoms with Gasteiger partial charge in [-0.25, -0.2) is 9.37 Å². The van der Waals surface area contributed by atoms with E-state index < -0.39 is 5.82 Å². The van der Waals surface area contributed by atoms with E-state index in [0.29, 0.717) is 47.9 Å². The molecule has 1 amide bonds. The van der Waals surface area contributed by atoms with Crippen LogP contribution in [0.25, 0.3) is 10.9 Å². The van der Waals surface area contributed by atoms with Crippen LogP contribution in [0.2, 0.25) is 5.02 Å². The van der Waals surface area contributed by atoms with E-state index in [-0.39, 0.29) is 23.1 Å². The van der Waals surface area contributed by atoms with Crippen LogP contribution in [-0.4, -0.2) is 51.4 Å². The molecule has 0 spiro atoms. The number of nitrogens with zero attached hydrogens (tertiary/aromatic N) is 4. The summed E-state index contributed by atoms with van der Waals surface area (Å²) < 4.78 is 15.5. The molecular formula is C22H22ClFN4O2. The molecular weight excluding hydrogens is 407 g/mol. The first-order valence-electron chi connectivity index (χ1n) is 9.81. The Hall–Kier alpha value is -2.77. The van der Waals surface area contributed by atoms with Crippen LogP contribution < -0.4 is 5.56 Å². The summed E-state index contributed by atoms with van der Waals surface area (Å²) in [6.45, 7) is 4.15. The molecule has 0 N–H and O–H groups in total. The third kappa shape index (κ3) is 3.70. The summed E-state index contributed by atoms with van der Waals surface area (Å²) in [6.07, 6.45) is 0. The topological polar surface area (TPSA) is 58.4 Å². The van der Waals surface area contributed by atoms with Crippen LogP contribution in [0.3, 0.4) is 0 Å². The lowest BCUT2D eigenvalue weighted by Crippen LogP contribution is -2.50. The van der Waals surface area contributed by atoms with Crippen LogP contribution >= 0.6 is 11.6 Å². The lowest BCUT2D eigenvalue weighted by atomic mass is 10.1. The summed E-state index contributed by atoms with van der Waals surface area (Å²) in [5.41, 5.74) is 0.544. The highest BCUT2D eigenvalue weighted by atomic mass is 35.5. The van der Waals surface area contributed by atoms with Gasteiger partial charge in [-0.1, -0.05) is 23.7 Å². The van der Waals surface area contributed by atoms with E-state index >= 15 is 0 Å². The van der Waals surface area contributed by atoms with Crippen LogP contribution in [0, 0.1) is 5.82 Å². The van der Waals surface area contributed by atoms with Crippen LogP contribution in [0.5, 0.6) is 0 Å². The van der Waals surface area contributed by atoms with Gasteiger partial charge in [0.1, 0.15) is 11.6 Å².